The van der Waals surface area contributed by atoms with E-state index in [1.54, 1.807) is 0 Å². The van der Waals surface area contributed by atoms with Crippen molar-refractivity contribution in [3.8, 4) is 0 Å². The van der Waals surface area contributed by atoms with E-state index in [9.17, 15) is 0 Å². The van der Waals surface area contributed by atoms with Crippen LogP contribution in [0.5, 0.6) is 0 Å². The zero-order chi connectivity index (χ0) is 8.55. The van der Waals surface area contributed by atoms with E-state index in [1.165, 1.54) is 11.1 Å². The first kappa shape index (κ1) is 7.29. The normalized spacial score (nSPS) is 20.8. The predicted molar refractivity (Wildman–Crippen MR) is 51.6 cm³/mol. The van der Waals surface area contributed by atoms with Crippen LogP contribution in [0, 0.1) is 5.41 Å². The number of fused-ring (bicyclic) bond motifs is 1. The highest BCUT2D eigenvalue weighted by Crippen LogP contribution is 2.26. The average molecular weight is 157 g/mol. The van der Waals surface area contributed by atoms with Gasteiger partial charge in [-0.15, -0.1) is 0 Å². The number of allylic oxidation sites excluding steroid dienone is 1. The van der Waals surface area contributed by atoms with E-state index < -0.39 is 0 Å². The molecule has 1 N–H and O–H groups in total. The van der Waals surface area contributed by atoms with Crippen molar-refractivity contribution in [1.29, 1.82) is 5.41 Å². The predicted octanol–water partition coefficient (Wildman–Crippen LogP) is 2.84. The number of rotatable bonds is 0. The largest absolute Gasteiger partial charge is 0.305 e. The van der Waals surface area contributed by atoms with Crippen molar-refractivity contribution in [3.63, 3.8) is 0 Å². The highest BCUT2D eigenvalue weighted by Gasteiger charge is 2.15. The molecule has 0 aromatic heterocycles. The molecular formula is C11H11N. The lowest BCUT2D eigenvalue weighted by Crippen LogP contribution is -2.10. The zero-order valence-corrected chi connectivity index (χ0v) is 7.04. The Labute approximate surface area is 72.2 Å². The lowest BCUT2D eigenvalue weighted by molar-refractivity contribution is 1.00. The average Bonchev–Trinajstić information content (AvgIpc) is 2.12. The molecule has 1 aromatic rings. The van der Waals surface area contributed by atoms with Gasteiger partial charge in [-0.1, -0.05) is 37.3 Å². The molecule has 1 nitrogen and oxygen atoms in total. The fourth-order valence-corrected chi connectivity index (χ4v) is 1.55. The molecule has 0 fully saturated rings. The molecule has 0 saturated carbocycles. The Balaban J connectivity index is 2.59. The Morgan fingerprint density at radius 3 is 2.75 bits per heavy atom. The van der Waals surface area contributed by atoms with E-state index in [0.717, 1.165) is 0 Å². The molecule has 0 aliphatic heterocycles. The standard InChI is InChI=1S/C11H11N/c1-8-10-5-3-2-4-9(10)6-7-11(8)12/h2-8,12H,1H3. The van der Waals surface area contributed by atoms with Crippen LogP contribution in [0.2, 0.25) is 0 Å². The van der Waals surface area contributed by atoms with Crippen LogP contribution in [-0.4, -0.2) is 5.71 Å². The summed E-state index contributed by atoms with van der Waals surface area (Å²) in [5.74, 6) is 0.256. The van der Waals surface area contributed by atoms with Crippen molar-refractivity contribution in [2.75, 3.05) is 0 Å². The van der Waals surface area contributed by atoms with Crippen LogP contribution in [0.1, 0.15) is 24.0 Å². The Bertz CT molecular complexity index is 350. The molecule has 1 heteroatoms. The summed E-state index contributed by atoms with van der Waals surface area (Å²) < 4.78 is 0. The van der Waals surface area contributed by atoms with E-state index >= 15 is 0 Å². The minimum atomic E-state index is 0.256. The summed E-state index contributed by atoms with van der Waals surface area (Å²) in [4.78, 5) is 0. The molecule has 0 heterocycles. The maximum atomic E-state index is 7.64. The number of nitrogens with one attached hydrogen (secondary N) is 1. The van der Waals surface area contributed by atoms with Gasteiger partial charge in [-0.3, -0.25) is 0 Å². The van der Waals surface area contributed by atoms with Crippen molar-refractivity contribution in [1.82, 2.24) is 0 Å². The number of benzene rings is 1. The maximum Gasteiger partial charge on any atom is 0.0386 e. The molecule has 0 amide bonds. The third kappa shape index (κ3) is 0.981. The van der Waals surface area contributed by atoms with Gasteiger partial charge in [-0.05, 0) is 17.2 Å². The molecule has 1 aliphatic carbocycles. The monoisotopic (exact) mass is 157 g/mol. The molecule has 60 valence electrons. The minimum Gasteiger partial charge on any atom is -0.305 e. The molecule has 0 spiro atoms. The molecule has 12 heavy (non-hydrogen) atoms. The smallest absolute Gasteiger partial charge is 0.0386 e. The lowest BCUT2D eigenvalue weighted by Gasteiger charge is -2.17. The van der Waals surface area contributed by atoms with Crippen molar-refractivity contribution >= 4 is 11.8 Å². The lowest BCUT2D eigenvalue weighted by atomic mass is 9.87. The second kappa shape index (κ2) is 2.59. The molecule has 1 atom stereocenters. The second-order valence-electron chi connectivity index (χ2n) is 3.14. The molecule has 0 saturated heterocycles. The fourth-order valence-electron chi connectivity index (χ4n) is 1.55. The molecule has 1 aromatic carbocycles. The van der Waals surface area contributed by atoms with Gasteiger partial charge in [0.2, 0.25) is 0 Å². The van der Waals surface area contributed by atoms with Crippen molar-refractivity contribution < 1.29 is 0 Å². The number of hydrogen-bond acceptors (Lipinski definition) is 1. The summed E-state index contributed by atoms with van der Waals surface area (Å²) in [6.45, 7) is 2.07. The van der Waals surface area contributed by atoms with E-state index in [2.05, 4.69) is 19.1 Å². The third-order valence-electron chi connectivity index (χ3n) is 2.37. The Morgan fingerprint density at radius 1 is 1.17 bits per heavy atom. The maximum absolute atomic E-state index is 7.64. The summed E-state index contributed by atoms with van der Waals surface area (Å²) in [5.41, 5.74) is 3.22. The first-order valence-electron chi connectivity index (χ1n) is 4.14. The number of hydrogen-bond donors (Lipinski definition) is 1. The molecular weight excluding hydrogens is 146 g/mol. The van der Waals surface area contributed by atoms with Gasteiger partial charge >= 0.3 is 0 Å². The second-order valence-corrected chi connectivity index (χ2v) is 3.14. The van der Waals surface area contributed by atoms with Gasteiger partial charge < -0.3 is 5.41 Å². The first-order chi connectivity index (χ1) is 5.79. The highest BCUT2D eigenvalue weighted by atomic mass is 14.4. The summed E-state index contributed by atoms with van der Waals surface area (Å²) in [5, 5.41) is 7.64. The van der Waals surface area contributed by atoms with E-state index in [-0.39, 0.29) is 5.92 Å². The van der Waals surface area contributed by atoms with Crippen LogP contribution in [0.3, 0.4) is 0 Å². The van der Waals surface area contributed by atoms with Gasteiger partial charge in [0.05, 0.1) is 0 Å². The van der Waals surface area contributed by atoms with Gasteiger partial charge in [-0.25, -0.2) is 0 Å². The van der Waals surface area contributed by atoms with Gasteiger partial charge in [0.15, 0.2) is 0 Å². The molecule has 0 radical (unpaired) electrons. The van der Waals surface area contributed by atoms with E-state index in [0.29, 0.717) is 5.71 Å². The molecule has 0 bridgehead atoms. The SMILES string of the molecule is CC1C(=N)C=Cc2ccccc21. The van der Waals surface area contributed by atoms with Crippen molar-refractivity contribution in [3.05, 3.63) is 41.5 Å². The van der Waals surface area contributed by atoms with Gasteiger partial charge in [0.25, 0.3) is 0 Å². The van der Waals surface area contributed by atoms with Crippen LogP contribution in [0.15, 0.2) is 30.3 Å². The summed E-state index contributed by atoms with van der Waals surface area (Å²) >= 11 is 0. The quantitative estimate of drug-likeness (QED) is 0.598. The summed E-state index contributed by atoms with van der Waals surface area (Å²) in [7, 11) is 0. The van der Waals surface area contributed by atoms with Crippen LogP contribution in [0.4, 0.5) is 0 Å². The van der Waals surface area contributed by atoms with Crippen molar-refractivity contribution in [2.24, 2.45) is 0 Å². The van der Waals surface area contributed by atoms with E-state index in [4.69, 9.17) is 5.41 Å². The zero-order valence-electron chi connectivity index (χ0n) is 7.04. The summed E-state index contributed by atoms with van der Waals surface area (Å²) in [6.07, 6.45) is 3.89. The first-order valence-corrected chi connectivity index (χ1v) is 4.14. The molecule has 1 unspecified atom stereocenters. The minimum absolute atomic E-state index is 0.256. The van der Waals surface area contributed by atoms with Crippen LogP contribution >= 0.6 is 0 Å². The van der Waals surface area contributed by atoms with Gasteiger partial charge in [-0.2, -0.15) is 0 Å². The molecule has 2 rings (SSSR count). The van der Waals surface area contributed by atoms with Gasteiger partial charge in [0.1, 0.15) is 0 Å². The third-order valence-corrected chi connectivity index (χ3v) is 2.37. The fraction of sp³-hybridized carbons (Fsp3) is 0.182. The molecule has 1 aliphatic rings. The van der Waals surface area contributed by atoms with Crippen LogP contribution < -0.4 is 0 Å². The Hall–Kier alpha value is -1.37. The van der Waals surface area contributed by atoms with E-state index in [1.807, 2.05) is 24.3 Å². The highest BCUT2D eigenvalue weighted by molar-refractivity contribution is 6.03. The van der Waals surface area contributed by atoms with Gasteiger partial charge in [0, 0.05) is 11.6 Å². The van der Waals surface area contributed by atoms with Crippen molar-refractivity contribution in [2.45, 2.75) is 12.8 Å². The Kier molecular flexibility index (Phi) is 1.58. The topological polar surface area (TPSA) is 23.9 Å². The Morgan fingerprint density at radius 2 is 1.92 bits per heavy atom. The summed E-state index contributed by atoms with van der Waals surface area (Å²) in [6, 6.07) is 8.25. The van der Waals surface area contributed by atoms with Crippen LogP contribution in [0.25, 0.3) is 6.08 Å². The van der Waals surface area contributed by atoms with Crippen LogP contribution in [-0.2, 0) is 0 Å².